The number of aryl methyl sites for hydroxylation is 1. The quantitative estimate of drug-likeness (QED) is 0.913. The number of rotatable bonds is 3. The van der Waals surface area contributed by atoms with Crippen LogP contribution in [0.1, 0.15) is 15.9 Å². The highest BCUT2D eigenvalue weighted by atomic mass is 79.9. The number of ether oxygens (including phenoxy) is 1. The second kappa shape index (κ2) is 6.05. The van der Waals surface area contributed by atoms with Gasteiger partial charge in [-0.3, -0.25) is 4.79 Å². The molecular formula is C15H13BrFNO2. The van der Waals surface area contributed by atoms with Gasteiger partial charge in [-0.1, -0.05) is 15.9 Å². The van der Waals surface area contributed by atoms with E-state index in [1.165, 1.54) is 31.4 Å². The summed E-state index contributed by atoms with van der Waals surface area (Å²) in [7, 11) is 1.52. The maximum atomic E-state index is 12.8. The lowest BCUT2D eigenvalue weighted by molar-refractivity contribution is 0.102. The zero-order valence-electron chi connectivity index (χ0n) is 11.0. The van der Waals surface area contributed by atoms with Gasteiger partial charge in [-0.2, -0.15) is 0 Å². The number of carbonyl (C=O) groups is 1. The average molecular weight is 338 g/mol. The lowest BCUT2D eigenvalue weighted by atomic mass is 10.1. The van der Waals surface area contributed by atoms with Gasteiger partial charge < -0.3 is 10.1 Å². The number of carbonyl (C=O) groups excluding carboxylic acids is 1. The molecule has 0 radical (unpaired) electrons. The molecule has 0 fully saturated rings. The van der Waals surface area contributed by atoms with Gasteiger partial charge in [0.2, 0.25) is 0 Å². The van der Waals surface area contributed by atoms with E-state index in [1.807, 2.05) is 13.0 Å². The van der Waals surface area contributed by atoms with Gasteiger partial charge in [0.15, 0.2) is 0 Å². The molecule has 2 aromatic carbocycles. The smallest absolute Gasteiger partial charge is 0.259 e. The first-order chi connectivity index (χ1) is 9.51. The Morgan fingerprint density at radius 3 is 2.50 bits per heavy atom. The van der Waals surface area contributed by atoms with Crippen LogP contribution in [0.4, 0.5) is 10.1 Å². The molecule has 0 saturated heterocycles. The Hall–Kier alpha value is -1.88. The van der Waals surface area contributed by atoms with Crippen molar-refractivity contribution in [1.29, 1.82) is 0 Å². The van der Waals surface area contributed by atoms with Crippen molar-refractivity contribution in [2.45, 2.75) is 6.92 Å². The van der Waals surface area contributed by atoms with E-state index >= 15 is 0 Å². The van der Waals surface area contributed by atoms with Gasteiger partial charge >= 0.3 is 0 Å². The summed E-state index contributed by atoms with van der Waals surface area (Å²) in [6.07, 6.45) is 0. The van der Waals surface area contributed by atoms with Crippen LogP contribution in [-0.2, 0) is 0 Å². The summed E-state index contributed by atoms with van der Waals surface area (Å²) in [6.45, 7) is 1.86. The fourth-order valence-electron chi connectivity index (χ4n) is 1.90. The molecule has 0 aliphatic heterocycles. The molecular weight excluding hydrogens is 325 g/mol. The molecule has 0 aliphatic carbocycles. The van der Waals surface area contributed by atoms with Crippen molar-refractivity contribution in [2.24, 2.45) is 0 Å². The van der Waals surface area contributed by atoms with E-state index in [-0.39, 0.29) is 11.7 Å². The van der Waals surface area contributed by atoms with Crippen molar-refractivity contribution in [3.63, 3.8) is 0 Å². The molecule has 1 amide bonds. The van der Waals surface area contributed by atoms with E-state index in [9.17, 15) is 9.18 Å². The minimum Gasteiger partial charge on any atom is -0.496 e. The molecule has 20 heavy (non-hydrogen) atoms. The lowest BCUT2D eigenvalue weighted by Gasteiger charge is -2.12. The molecule has 1 N–H and O–H groups in total. The normalized spacial score (nSPS) is 10.2. The maximum absolute atomic E-state index is 12.8. The maximum Gasteiger partial charge on any atom is 0.259 e. The van der Waals surface area contributed by atoms with Crippen LogP contribution in [0.15, 0.2) is 40.9 Å². The second-order valence-corrected chi connectivity index (χ2v) is 5.18. The second-order valence-electron chi connectivity index (χ2n) is 4.26. The van der Waals surface area contributed by atoms with E-state index in [1.54, 1.807) is 6.07 Å². The monoisotopic (exact) mass is 337 g/mol. The highest BCUT2D eigenvalue weighted by molar-refractivity contribution is 9.10. The molecule has 104 valence electrons. The topological polar surface area (TPSA) is 38.3 Å². The predicted octanol–water partition coefficient (Wildman–Crippen LogP) is 4.16. The Morgan fingerprint density at radius 1 is 1.25 bits per heavy atom. The molecule has 0 saturated carbocycles. The highest BCUT2D eigenvalue weighted by Crippen LogP contribution is 2.28. The molecule has 0 atom stereocenters. The number of benzene rings is 2. The van der Waals surface area contributed by atoms with Gasteiger partial charge in [-0.15, -0.1) is 0 Å². The van der Waals surface area contributed by atoms with Crippen molar-refractivity contribution in [3.8, 4) is 5.75 Å². The number of hydrogen-bond donors (Lipinski definition) is 1. The Bertz CT molecular complexity index is 641. The van der Waals surface area contributed by atoms with Crippen molar-refractivity contribution in [3.05, 3.63) is 57.8 Å². The number of methoxy groups -OCH3 is 1. The van der Waals surface area contributed by atoms with Crippen LogP contribution in [0.25, 0.3) is 0 Å². The number of halogens is 2. The number of amides is 1. The SMILES string of the molecule is COc1c(C)cc(Br)cc1C(=O)Nc1ccc(F)cc1. The summed E-state index contributed by atoms with van der Waals surface area (Å²) in [5, 5.41) is 2.71. The molecule has 0 bridgehead atoms. The van der Waals surface area contributed by atoms with Crippen LogP contribution < -0.4 is 10.1 Å². The van der Waals surface area contributed by atoms with Crippen molar-refractivity contribution in [2.75, 3.05) is 12.4 Å². The fraction of sp³-hybridized carbons (Fsp3) is 0.133. The van der Waals surface area contributed by atoms with Crippen LogP contribution in [-0.4, -0.2) is 13.0 Å². The summed E-state index contributed by atoms with van der Waals surface area (Å²) in [5.41, 5.74) is 1.80. The summed E-state index contributed by atoms with van der Waals surface area (Å²) >= 11 is 3.35. The standard InChI is InChI=1S/C15H13BrFNO2/c1-9-7-10(16)8-13(14(9)20-2)15(19)18-12-5-3-11(17)4-6-12/h3-8H,1-2H3,(H,18,19). The van der Waals surface area contributed by atoms with E-state index in [4.69, 9.17) is 4.74 Å². The minimum absolute atomic E-state index is 0.308. The van der Waals surface area contributed by atoms with Crippen LogP contribution >= 0.6 is 15.9 Å². The van der Waals surface area contributed by atoms with E-state index in [0.29, 0.717) is 17.0 Å². The molecule has 2 rings (SSSR count). The average Bonchev–Trinajstić information content (AvgIpc) is 2.40. The van der Waals surface area contributed by atoms with Gasteiger partial charge in [-0.25, -0.2) is 4.39 Å². The Kier molecular flexibility index (Phi) is 4.39. The molecule has 3 nitrogen and oxygen atoms in total. The van der Waals surface area contributed by atoms with Crippen molar-refractivity contribution in [1.82, 2.24) is 0 Å². The Balaban J connectivity index is 2.31. The van der Waals surface area contributed by atoms with Crippen molar-refractivity contribution >= 4 is 27.5 Å². The molecule has 0 heterocycles. The third-order valence-electron chi connectivity index (χ3n) is 2.79. The number of anilines is 1. The lowest BCUT2D eigenvalue weighted by Crippen LogP contribution is -2.13. The molecule has 0 unspecified atom stereocenters. The van der Waals surface area contributed by atoms with Crippen LogP contribution in [0.3, 0.4) is 0 Å². The van der Waals surface area contributed by atoms with Crippen molar-refractivity contribution < 1.29 is 13.9 Å². The third kappa shape index (κ3) is 3.17. The first-order valence-electron chi connectivity index (χ1n) is 5.92. The molecule has 5 heteroatoms. The summed E-state index contributed by atoms with van der Waals surface area (Å²) in [4.78, 5) is 12.3. The van der Waals surface area contributed by atoms with Gasteiger partial charge in [0.25, 0.3) is 5.91 Å². The first kappa shape index (κ1) is 14.5. The minimum atomic E-state index is -0.348. The number of hydrogen-bond acceptors (Lipinski definition) is 2. The zero-order chi connectivity index (χ0) is 14.7. The van der Waals surface area contributed by atoms with E-state index in [0.717, 1.165) is 10.0 Å². The van der Waals surface area contributed by atoms with E-state index < -0.39 is 0 Å². The first-order valence-corrected chi connectivity index (χ1v) is 6.71. The van der Waals surface area contributed by atoms with Gasteiger partial charge in [0.1, 0.15) is 11.6 Å². The molecule has 2 aromatic rings. The molecule has 0 aromatic heterocycles. The van der Waals surface area contributed by atoms with Crippen LogP contribution in [0, 0.1) is 12.7 Å². The Labute approximate surface area is 124 Å². The molecule has 0 aliphatic rings. The summed E-state index contributed by atoms with van der Waals surface area (Å²) in [5.74, 6) is -0.135. The largest absolute Gasteiger partial charge is 0.496 e. The highest BCUT2D eigenvalue weighted by Gasteiger charge is 2.15. The third-order valence-corrected chi connectivity index (χ3v) is 3.25. The van der Waals surface area contributed by atoms with Gasteiger partial charge in [0, 0.05) is 10.2 Å². The predicted molar refractivity (Wildman–Crippen MR) is 79.8 cm³/mol. The van der Waals surface area contributed by atoms with E-state index in [2.05, 4.69) is 21.2 Å². The molecule has 0 spiro atoms. The Morgan fingerprint density at radius 2 is 1.90 bits per heavy atom. The fourth-order valence-corrected chi connectivity index (χ4v) is 2.47. The van der Waals surface area contributed by atoms with Crippen LogP contribution in [0.2, 0.25) is 0 Å². The number of nitrogens with one attached hydrogen (secondary N) is 1. The summed E-state index contributed by atoms with van der Waals surface area (Å²) < 4.78 is 18.9. The van der Waals surface area contributed by atoms with Gasteiger partial charge in [-0.05, 0) is 48.9 Å². The van der Waals surface area contributed by atoms with Crippen LogP contribution in [0.5, 0.6) is 5.75 Å². The zero-order valence-corrected chi connectivity index (χ0v) is 12.6. The summed E-state index contributed by atoms with van der Waals surface area (Å²) in [6, 6.07) is 9.14. The van der Waals surface area contributed by atoms with Gasteiger partial charge in [0.05, 0.1) is 12.7 Å².